The molecule has 0 aromatic heterocycles. The van der Waals surface area contributed by atoms with Crippen LogP contribution in [0.5, 0.6) is 0 Å². The second kappa shape index (κ2) is 8.83. The molecule has 2 aromatic rings. The molecule has 0 heterocycles. The van der Waals surface area contributed by atoms with Crippen LogP contribution in [0, 0.1) is 21.3 Å². The molecule has 0 saturated heterocycles. The van der Waals surface area contributed by atoms with Crippen molar-refractivity contribution in [1.82, 2.24) is 0 Å². The van der Waals surface area contributed by atoms with E-state index in [1.165, 1.54) is 10.8 Å². The molecular formula is C12H11N4PdS2. The summed E-state index contributed by atoms with van der Waals surface area (Å²) in [5.41, 5.74) is 6.45. The Bertz CT molecular complexity index is 605. The Kier molecular flexibility index (Phi) is 7.37. The van der Waals surface area contributed by atoms with Crippen LogP contribution in [0.25, 0.3) is 10.8 Å². The van der Waals surface area contributed by atoms with Crippen molar-refractivity contribution < 1.29 is 14.5 Å². The summed E-state index contributed by atoms with van der Waals surface area (Å²) < 4.78 is 5.29. The Balaban J connectivity index is 0.000000203. The van der Waals surface area contributed by atoms with E-state index in [-0.39, 0.29) is 0 Å². The predicted molar refractivity (Wildman–Crippen MR) is 79.0 cm³/mol. The SMILES string of the molecule is N#C[S][Pd]([NH2])[S]C#N.Nc1ccc2ccccc2c1. The van der Waals surface area contributed by atoms with E-state index in [4.69, 9.17) is 20.6 Å². The number of hydrogen-bond donors (Lipinski definition) is 2. The smallest absolute Gasteiger partial charge is 0.0320 e. The minimum absolute atomic E-state index is 0.823. The summed E-state index contributed by atoms with van der Waals surface area (Å²) >= 11 is -1.40. The number of fused-ring (bicyclic) bond motifs is 1. The molecule has 4 N–H and O–H groups in total. The zero-order chi connectivity index (χ0) is 14.1. The Morgan fingerprint density at radius 1 is 0.947 bits per heavy atom. The van der Waals surface area contributed by atoms with Crippen LogP contribution < -0.4 is 10.1 Å². The standard InChI is InChI=1S/C10H9N.2CHNS.H2N.Pd/c11-10-6-5-8-3-1-2-4-9(8)7-10;2*2-1-3;;/h1-7H,11H2;2*3H;1H2;/q;;;-1;+3/p-2. The second-order valence-corrected chi connectivity index (χ2v) is 10.9. The zero-order valence-corrected chi connectivity index (χ0v) is 12.9. The number of nitrogens with zero attached hydrogens (tertiary/aromatic N) is 2. The molecule has 0 aliphatic heterocycles. The Labute approximate surface area is 123 Å². The van der Waals surface area contributed by atoms with Crippen molar-refractivity contribution in [3.8, 4) is 10.8 Å². The normalized spacial score (nSPS) is 9.74. The van der Waals surface area contributed by atoms with Crippen molar-refractivity contribution in [1.29, 1.82) is 10.5 Å². The molecule has 0 fully saturated rings. The molecule has 0 bridgehead atoms. The van der Waals surface area contributed by atoms with Gasteiger partial charge in [-0.3, -0.25) is 0 Å². The molecule has 0 aliphatic carbocycles. The van der Waals surface area contributed by atoms with Gasteiger partial charge in [0, 0.05) is 5.69 Å². The summed E-state index contributed by atoms with van der Waals surface area (Å²) in [4.78, 5) is 0. The summed E-state index contributed by atoms with van der Waals surface area (Å²) in [6, 6.07) is 14.1. The van der Waals surface area contributed by atoms with Crippen molar-refractivity contribution in [2.24, 2.45) is 4.37 Å². The first-order valence-electron chi connectivity index (χ1n) is 4.90. The van der Waals surface area contributed by atoms with E-state index in [9.17, 15) is 0 Å². The van der Waals surface area contributed by atoms with Crippen LogP contribution in [0.2, 0.25) is 0 Å². The number of benzene rings is 2. The van der Waals surface area contributed by atoms with Gasteiger partial charge in [0.1, 0.15) is 0 Å². The number of thiocyanates is 2. The topological polar surface area (TPSA) is 99.6 Å². The maximum Gasteiger partial charge on any atom is 0.0320 e. The molecule has 19 heavy (non-hydrogen) atoms. The maximum atomic E-state index is 8.00. The van der Waals surface area contributed by atoms with Crippen LogP contribution in [-0.2, 0) is 14.5 Å². The minimum Gasteiger partial charge on any atom is -0.399 e. The van der Waals surface area contributed by atoms with Crippen LogP contribution in [-0.4, -0.2) is 0 Å². The van der Waals surface area contributed by atoms with Crippen molar-refractivity contribution in [2.45, 2.75) is 0 Å². The van der Waals surface area contributed by atoms with Gasteiger partial charge in [0.2, 0.25) is 0 Å². The summed E-state index contributed by atoms with van der Waals surface area (Å²) in [6.45, 7) is 0. The monoisotopic (exact) mass is 381 g/mol. The maximum absolute atomic E-state index is 8.00. The first kappa shape index (κ1) is 15.9. The van der Waals surface area contributed by atoms with Gasteiger partial charge in [-0.1, -0.05) is 30.3 Å². The van der Waals surface area contributed by atoms with E-state index >= 15 is 0 Å². The van der Waals surface area contributed by atoms with Crippen LogP contribution >= 0.6 is 19.2 Å². The molecule has 0 spiro atoms. The quantitative estimate of drug-likeness (QED) is 0.471. The van der Waals surface area contributed by atoms with E-state index in [1.807, 2.05) is 41.1 Å². The van der Waals surface area contributed by atoms with Gasteiger partial charge in [-0.05, 0) is 22.9 Å². The number of nitrogens with two attached hydrogens (primary N) is 2. The molecule has 0 amide bonds. The largest absolute Gasteiger partial charge is 0.399 e. The van der Waals surface area contributed by atoms with Gasteiger partial charge in [-0.25, -0.2) is 0 Å². The van der Waals surface area contributed by atoms with E-state index in [0.717, 1.165) is 24.9 Å². The van der Waals surface area contributed by atoms with Crippen LogP contribution in [0.15, 0.2) is 42.5 Å². The Hall–Kier alpha value is -1.20. The molecule has 7 heteroatoms. The molecule has 0 atom stereocenters. The summed E-state index contributed by atoms with van der Waals surface area (Å²) in [5.74, 6) is 0. The molecule has 0 radical (unpaired) electrons. The number of nitriles is 2. The third-order valence-electron chi connectivity index (χ3n) is 1.96. The molecular weight excluding hydrogens is 371 g/mol. The van der Waals surface area contributed by atoms with Crippen LogP contribution in [0.4, 0.5) is 5.69 Å². The van der Waals surface area contributed by atoms with E-state index in [0.29, 0.717) is 0 Å². The fourth-order valence-corrected chi connectivity index (χ4v) is 3.76. The van der Waals surface area contributed by atoms with Gasteiger partial charge >= 0.3 is 59.4 Å². The van der Waals surface area contributed by atoms with Crippen LogP contribution in [0.1, 0.15) is 0 Å². The first-order valence-corrected chi connectivity index (χ1v) is 10.9. The molecule has 4 nitrogen and oxygen atoms in total. The van der Waals surface area contributed by atoms with Gasteiger partial charge in [0.25, 0.3) is 0 Å². The molecule has 2 rings (SSSR count). The number of anilines is 1. The molecule has 0 saturated carbocycles. The third kappa shape index (κ3) is 5.98. The van der Waals surface area contributed by atoms with E-state index < -0.39 is 14.5 Å². The summed E-state index contributed by atoms with van der Waals surface area (Å²) in [6.07, 6.45) is 0. The summed E-state index contributed by atoms with van der Waals surface area (Å²) in [7, 11) is 1.99. The fourth-order valence-electron chi connectivity index (χ4n) is 1.28. The Morgan fingerprint density at radius 2 is 1.53 bits per heavy atom. The Morgan fingerprint density at radius 3 is 2.11 bits per heavy atom. The third-order valence-corrected chi connectivity index (χ3v) is 6.93. The number of rotatable bonds is 2. The average molecular weight is 382 g/mol. The van der Waals surface area contributed by atoms with Crippen molar-refractivity contribution >= 4 is 35.6 Å². The minimum atomic E-state index is -1.40. The number of hydrogen-bond acceptors (Lipinski definition) is 6. The van der Waals surface area contributed by atoms with Crippen molar-refractivity contribution in [3.63, 3.8) is 0 Å². The van der Waals surface area contributed by atoms with Gasteiger partial charge in [0.05, 0.1) is 0 Å². The van der Waals surface area contributed by atoms with Gasteiger partial charge in [-0.2, -0.15) is 0 Å². The predicted octanol–water partition coefficient (Wildman–Crippen LogP) is 3.16. The van der Waals surface area contributed by atoms with Crippen LogP contribution in [0.3, 0.4) is 0 Å². The van der Waals surface area contributed by atoms with E-state index in [1.54, 1.807) is 0 Å². The van der Waals surface area contributed by atoms with Gasteiger partial charge < -0.3 is 5.73 Å². The first-order chi connectivity index (χ1) is 9.17. The average Bonchev–Trinajstić information content (AvgIpc) is 2.40. The second-order valence-electron chi connectivity index (χ2n) is 3.12. The van der Waals surface area contributed by atoms with E-state index in [2.05, 4.69) is 12.1 Å². The molecule has 2 aromatic carbocycles. The number of nitrogen functional groups attached to an aromatic ring is 1. The van der Waals surface area contributed by atoms with Crippen molar-refractivity contribution in [2.75, 3.05) is 5.73 Å². The molecule has 101 valence electrons. The summed E-state index contributed by atoms with van der Waals surface area (Å²) in [5, 5.41) is 22.1. The van der Waals surface area contributed by atoms with Gasteiger partial charge in [-0.15, -0.1) is 0 Å². The fraction of sp³-hybridized carbons (Fsp3) is 0. The molecule has 0 aliphatic rings. The zero-order valence-electron chi connectivity index (χ0n) is 9.72. The van der Waals surface area contributed by atoms with Gasteiger partial charge in [0.15, 0.2) is 0 Å². The van der Waals surface area contributed by atoms with Crippen molar-refractivity contribution in [3.05, 3.63) is 42.5 Å². The molecule has 0 unspecified atom stereocenters.